The zero-order chi connectivity index (χ0) is 14.8. The molecule has 1 aliphatic carbocycles. The first-order valence-electron chi connectivity index (χ1n) is 7.19. The Hall–Kier alpha value is -1.99. The fraction of sp³-hybridized carbons (Fsp3) is 0.412. The lowest BCUT2D eigenvalue weighted by molar-refractivity contribution is 0.686. The van der Waals surface area contributed by atoms with Crippen molar-refractivity contribution in [2.75, 3.05) is 7.05 Å². The Morgan fingerprint density at radius 1 is 1.50 bits per heavy atom. The molecule has 3 nitrogen and oxygen atoms in total. The Bertz CT molecular complexity index is 486. The van der Waals surface area contributed by atoms with Gasteiger partial charge >= 0.3 is 0 Å². The molecule has 1 atom stereocenters. The van der Waals surface area contributed by atoms with Crippen molar-refractivity contribution in [3.63, 3.8) is 0 Å². The van der Waals surface area contributed by atoms with Gasteiger partial charge in [-0.15, -0.1) is 5.73 Å². The van der Waals surface area contributed by atoms with Crippen molar-refractivity contribution in [1.29, 1.82) is 0 Å². The van der Waals surface area contributed by atoms with Gasteiger partial charge in [0.1, 0.15) is 5.84 Å². The van der Waals surface area contributed by atoms with Gasteiger partial charge in [-0.3, -0.25) is 0 Å². The van der Waals surface area contributed by atoms with E-state index in [4.69, 9.17) is 5.73 Å². The second-order valence-corrected chi connectivity index (χ2v) is 4.78. The summed E-state index contributed by atoms with van der Waals surface area (Å²) in [4.78, 5) is 4.56. The number of likely N-dealkylation sites (N-methyl/N-ethyl adjacent to an activating group) is 1. The Kier molecular flexibility index (Phi) is 7.23. The summed E-state index contributed by atoms with van der Waals surface area (Å²) >= 11 is 0. The van der Waals surface area contributed by atoms with Gasteiger partial charge in [-0.2, -0.15) is 0 Å². The van der Waals surface area contributed by atoms with Crippen molar-refractivity contribution < 1.29 is 0 Å². The van der Waals surface area contributed by atoms with Gasteiger partial charge in [0.15, 0.2) is 0 Å². The Morgan fingerprint density at radius 2 is 2.30 bits per heavy atom. The van der Waals surface area contributed by atoms with Gasteiger partial charge in [0.25, 0.3) is 0 Å². The van der Waals surface area contributed by atoms with Crippen molar-refractivity contribution in [2.24, 2.45) is 16.6 Å². The average molecular weight is 271 g/mol. The molecule has 3 N–H and O–H groups in total. The monoisotopic (exact) mass is 271 g/mol. The third kappa shape index (κ3) is 5.33. The van der Waals surface area contributed by atoms with Crippen LogP contribution in [0.1, 0.15) is 33.1 Å². The van der Waals surface area contributed by atoms with E-state index in [-0.39, 0.29) is 5.92 Å². The number of nitrogens with one attached hydrogen (secondary N) is 1. The number of hydrogen-bond acceptors (Lipinski definition) is 2. The normalized spacial score (nSPS) is 16.9. The number of nitrogens with two attached hydrogens (primary N) is 1. The Labute approximate surface area is 122 Å². The highest BCUT2D eigenvalue weighted by molar-refractivity contribution is 5.83. The number of hydrogen-bond donors (Lipinski definition) is 2. The lowest BCUT2D eigenvalue weighted by Gasteiger charge is -2.11. The van der Waals surface area contributed by atoms with Gasteiger partial charge in [-0.1, -0.05) is 32.1 Å². The van der Waals surface area contributed by atoms with Gasteiger partial charge in [0.05, 0.1) is 11.4 Å². The molecule has 1 rings (SSSR count). The molecule has 0 fully saturated rings. The number of nitrogens with zero attached hydrogens (tertiary/aromatic N) is 1. The maximum absolute atomic E-state index is 6.12. The molecule has 0 aromatic carbocycles. The molecule has 0 spiro atoms. The van der Waals surface area contributed by atoms with Gasteiger partial charge in [0, 0.05) is 19.0 Å². The van der Waals surface area contributed by atoms with Crippen LogP contribution in [-0.4, -0.2) is 12.9 Å². The van der Waals surface area contributed by atoms with Crippen molar-refractivity contribution in [2.45, 2.75) is 33.1 Å². The quantitative estimate of drug-likeness (QED) is 0.322. The van der Waals surface area contributed by atoms with Crippen LogP contribution in [0, 0.1) is 5.92 Å². The first-order chi connectivity index (χ1) is 9.69. The summed E-state index contributed by atoms with van der Waals surface area (Å²) in [5.41, 5.74) is 10.9. The fourth-order valence-corrected chi connectivity index (χ4v) is 1.82. The molecule has 3 heteroatoms. The van der Waals surface area contributed by atoms with E-state index in [0.29, 0.717) is 5.84 Å². The lowest BCUT2D eigenvalue weighted by Crippen LogP contribution is -2.22. The standard InChI is InChI=1S/C17H25N3/c1-4-5-6-8-11-14(2)17(18)20-16-13-10-7-9-12-15(16)19-3/h5-7,10,12-14,19H,4,8,11H2,1-3H3,(H2,18,20)/b6-5+. The van der Waals surface area contributed by atoms with Gasteiger partial charge < -0.3 is 11.1 Å². The molecule has 0 saturated carbocycles. The van der Waals surface area contributed by atoms with Crippen molar-refractivity contribution in [1.82, 2.24) is 5.32 Å². The van der Waals surface area contributed by atoms with E-state index in [0.717, 1.165) is 30.7 Å². The molecule has 0 bridgehead atoms. The van der Waals surface area contributed by atoms with Crippen LogP contribution >= 0.6 is 0 Å². The zero-order valence-electron chi connectivity index (χ0n) is 12.7. The highest BCUT2D eigenvalue weighted by atomic mass is 14.9. The van der Waals surface area contributed by atoms with Gasteiger partial charge in [-0.25, -0.2) is 4.99 Å². The molecule has 1 unspecified atom stereocenters. The van der Waals surface area contributed by atoms with Crippen LogP contribution in [0.2, 0.25) is 0 Å². The maximum Gasteiger partial charge on any atom is 0.103 e. The molecule has 0 aliphatic heterocycles. The average Bonchev–Trinajstić information content (AvgIpc) is 2.68. The molecule has 1 aliphatic rings. The van der Waals surface area contributed by atoms with E-state index in [9.17, 15) is 0 Å². The number of amidine groups is 1. The minimum absolute atomic E-state index is 0.274. The maximum atomic E-state index is 6.12. The van der Waals surface area contributed by atoms with Crippen molar-refractivity contribution >= 4 is 5.84 Å². The number of allylic oxidation sites excluding steroid dienone is 5. The molecule has 108 valence electrons. The van der Waals surface area contributed by atoms with Crippen molar-refractivity contribution in [3.05, 3.63) is 53.6 Å². The van der Waals surface area contributed by atoms with Crippen LogP contribution < -0.4 is 11.1 Å². The van der Waals surface area contributed by atoms with E-state index in [1.54, 1.807) is 0 Å². The molecule has 0 saturated heterocycles. The molecule has 0 aromatic rings. The molecule has 0 aromatic heterocycles. The third-order valence-corrected chi connectivity index (χ3v) is 3.14. The molecular weight excluding hydrogens is 246 g/mol. The summed E-state index contributed by atoms with van der Waals surface area (Å²) in [5.74, 6) is 0.952. The van der Waals surface area contributed by atoms with Gasteiger partial charge in [-0.05, 0) is 31.4 Å². The summed E-state index contributed by atoms with van der Waals surface area (Å²) in [6.45, 7) is 4.26. The summed E-state index contributed by atoms with van der Waals surface area (Å²) in [6.07, 6.45) is 15.1. The van der Waals surface area contributed by atoms with Crippen LogP contribution in [0.3, 0.4) is 0 Å². The molecule has 0 heterocycles. The highest BCUT2D eigenvalue weighted by Crippen LogP contribution is 2.13. The van der Waals surface area contributed by atoms with Crippen LogP contribution in [0.25, 0.3) is 0 Å². The Balaban J connectivity index is 2.74. The third-order valence-electron chi connectivity index (χ3n) is 3.14. The van der Waals surface area contributed by atoms with E-state index < -0.39 is 0 Å². The van der Waals surface area contributed by atoms with E-state index in [1.165, 1.54) is 0 Å². The van der Waals surface area contributed by atoms with Gasteiger partial charge in [0.2, 0.25) is 0 Å². The first kappa shape index (κ1) is 16.1. The highest BCUT2D eigenvalue weighted by Gasteiger charge is 2.08. The molecule has 0 radical (unpaired) electrons. The van der Waals surface area contributed by atoms with E-state index in [1.807, 2.05) is 31.4 Å². The van der Waals surface area contributed by atoms with Crippen LogP contribution in [-0.2, 0) is 0 Å². The van der Waals surface area contributed by atoms with Crippen molar-refractivity contribution in [3.8, 4) is 0 Å². The summed E-state index contributed by atoms with van der Waals surface area (Å²) < 4.78 is 0. The summed E-state index contributed by atoms with van der Waals surface area (Å²) in [6, 6.07) is 0. The van der Waals surface area contributed by atoms with Crippen LogP contribution in [0.4, 0.5) is 0 Å². The largest absolute Gasteiger partial charge is 0.387 e. The fourth-order valence-electron chi connectivity index (χ4n) is 1.82. The Morgan fingerprint density at radius 3 is 3.00 bits per heavy atom. The zero-order valence-corrected chi connectivity index (χ0v) is 12.7. The van der Waals surface area contributed by atoms with E-state index >= 15 is 0 Å². The predicted molar refractivity (Wildman–Crippen MR) is 87.3 cm³/mol. The summed E-state index contributed by atoms with van der Waals surface area (Å²) in [5, 5.41) is 3.11. The summed E-state index contributed by atoms with van der Waals surface area (Å²) in [7, 11) is 1.87. The van der Waals surface area contributed by atoms with E-state index in [2.05, 4.69) is 42.0 Å². The topological polar surface area (TPSA) is 50.4 Å². The molecule has 20 heavy (non-hydrogen) atoms. The second-order valence-electron chi connectivity index (χ2n) is 4.78. The lowest BCUT2D eigenvalue weighted by atomic mass is 10.0. The first-order valence-corrected chi connectivity index (χ1v) is 7.19. The SMILES string of the molecule is CC/C=C/CCC(C)C(N)=NC1=C(NC)C=C=CC=C1. The van der Waals surface area contributed by atoms with Crippen LogP contribution in [0.15, 0.2) is 58.6 Å². The second kappa shape index (κ2) is 9.00. The van der Waals surface area contributed by atoms with Crippen LogP contribution in [0.5, 0.6) is 0 Å². The number of aliphatic imine (C=N–C) groups is 1. The number of rotatable bonds is 7. The minimum Gasteiger partial charge on any atom is -0.387 e. The molecule has 0 amide bonds. The smallest absolute Gasteiger partial charge is 0.103 e. The molecular formula is C17H25N3. The minimum atomic E-state index is 0.274. The predicted octanol–water partition coefficient (Wildman–Crippen LogP) is 3.44.